The standard InChI is InChI=1S/C22H20ClNO2/c1-14(15-8-2-5-11-18(15)23)26-22(25)21-16-9-3-6-12-19(16)24-20-13-7-4-10-17(20)21/h2-3,5-6,8-9,11-12,14H,4,7,10,13H2,1H3/t14-/m0/s1. The fourth-order valence-corrected chi connectivity index (χ4v) is 3.98. The van der Waals surface area contributed by atoms with E-state index in [4.69, 9.17) is 21.3 Å². The maximum atomic E-state index is 13.1. The molecule has 0 fully saturated rings. The molecule has 1 atom stereocenters. The maximum Gasteiger partial charge on any atom is 0.339 e. The number of pyridine rings is 1. The summed E-state index contributed by atoms with van der Waals surface area (Å²) < 4.78 is 5.83. The molecule has 4 rings (SSSR count). The molecule has 26 heavy (non-hydrogen) atoms. The third-order valence-electron chi connectivity index (χ3n) is 5.00. The SMILES string of the molecule is C[C@H](OC(=O)c1c2c(nc3ccccc13)CCCC2)c1ccccc1Cl. The topological polar surface area (TPSA) is 39.2 Å². The van der Waals surface area contributed by atoms with Crippen molar-refractivity contribution in [1.82, 2.24) is 4.98 Å². The second-order valence-electron chi connectivity index (χ2n) is 6.71. The highest BCUT2D eigenvalue weighted by atomic mass is 35.5. The van der Waals surface area contributed by atoms with Gasteiger partial charge in [0.15, 0.2) is 0 Å². The fraction of sp³-hybridized carbons (Fsp3) is 0.273. The molecule has 0 bridgehead atoms. The first-order chi connectivity index (χ1) is 12.6. The molecule has 1 aliphatic rings. The third kappa shape index (κ3) is 3.08. The van der Waals surface area contributed by atoms with Crippen LogP contribution in [-0.4, -0.2) is 11.0 Å². The Morgan fingerprint density at radius 2 is 1.81 bits per heavy atom. The lowest BCUT2D eigenvalue weighted by Gasteiger charge is -2.21. The van der Waals surface area contributed by atoms with Crippen molar-refractivity contribution in [2.45, 2.75) is 38.7 Å². The fourth-order valence-electron chi connectivity index (χ4n) is 3.69. The molecule has 3 aromatic rings. The molecule has 0 saturated heterocycles. The summed E-state index contributed by atoms with van der Waals surface area (Å²) >= 11 is 6.26. The van der Waals surface area contributed by atoms with Gasteiger partial charge in [0.25, 0.3) is 0 Å². The average Bonchev–Trinajstić information content (AvgIpc) is 2.66. The van der Waals surface area contributed by atoms with Crippen molar-refractivity contribution < 1.29 is 9.53 Å². The molecule has 2 aromatic carbocycles. The van der Waals surface area contributed by atoms with E-state index < -0.39 is 6.10 Å². The molecule has 4 heteroatoms. The van der Waals surface area contributed by atoms with Gasteiger partial charge in [-0.3, -0.25) is 4.98 Å². The predicted octanol–water partition coefficient (Wildman–Crippen LogP) is 5.69. The maximum absolute atomic E-state index is 13.1. The predicted molar refractivity (Wildman–Crippen MR) is 104 cm³/mol. The van der Waals surface area contributed by atoms with Crippen molar-refractivity contribution in [2.24, 2.45) is 0 Å². The molecule has 0 amide bonds. The number of esters is 1. The van der Waals surface area contributed by atoms with E-state index in [1.807, 2.05) is 55.5 Å². The van der Waals surface area contributed by atoms with Crippen LogP contribution in [0.25, 0.3) is 10.9 Å². The van der Waals surface area contributed by atoms with Gasteiger partial charge in [0.05, 0.1) is 11.1 Å². The lowest BCUT2D eigenvalue weighted by atomic mass is 9.90. The highest BCUT2D eigenvalue weighted by Crippen LogP contribution is 2.32. The zero-order valence-electron chi connectivity index (χ0n) is 14.7. The van der Waals surface area contributed by atoms with E-state index in [2.05, 4.69) is 0 Å². The van der Waals surface area contributed by atoms with Crippen LogP contribution in [0.3, 0.4) is 0 Å². The Hall–Kier alpha value is -2.39. The normalized spacial score (nSPS) is 14.7. The van der Waals surface area contributed by atoms with Gasteiger partial charge in [-0.15, -0.1) is 0 Å². The van der Waals surface area contributed by atoms with Gasteiger partial charge in [0.2, 0.25) is 0 Å². The van der Waals surface area contributed by atoms with Crippen LogP contribution < -0.4 is 0 Å². The van der Waals surface area contributed by atoms with Gasteiger partial charge < -0.3 is 4.74 Å². The van der Waals surface area contributed by atoms with E-state index in [-0.39, 0.29) is 5.97 Å². The van der Waals surface area contributed by atoms with E-state index in [1.165, 1.54) is 0 Å². The van der Waals surface area contributed by atoms with Gasteiger partial charge in [0, 0.05) is 21.7 Å². The quantitative estimate of drug-likeness (QED) is 0.560. The largest absolute Gasteiger partial charge is 0.454 e. The van der Waals surface area contributed by atoms with Crippen molar-refractivity contribution in [1.29, 1.82) is 0 Å². The molecule has 1 heterocycles. The lowest BCUT2D eigenvalue weighted by molar-refractivity contribution is 0.0339. The molecule has 0 saturated carbocycles. The Morgan fingerprint density at radius 1 is 1.08 bits per heavy atom. The molecule has 132 valence electrons. The van der Waals surface area contributed by atoms with Crippen LogP contribution in [-0.2, 0) is 17.6 Å². The number of halogens is 1. The van der Waals surface area contributed by atoms with Crippen LogP contribution >= 0.6 is 11.6 Å². The molecular weight excluding hydrogens is 346 g/mol. The second-order valence-corrected chi connectivity index (χ2v) is 7.11. The first-order valence-corrected chi connectivity index (χ1v) is 9.39. The molecule has 0 spiro atoms. The molecule has 0 N–H and O–H groups in total. The highest BCUT2D eigenvalue weighted by molar-refractivity contribution is 6.31. The Balaban J connectivity index is 1.76. The first kappa shape index (κ1) is 17.0. The zero-order valence-corrected chi connectivity index (χ0v) is 15.4. The number of aryl methyl sites for hydroxylation is 1. The van der Waals surface area contributed by atoms with Crippen LogP contribution in [0.5, 0.6) is 0 Å². The van der Waals surface area contributed by atoms with Crippen molar-refractivity contribution in [3.8, 4) is 0 Å². The zero-order chi connectivity index (χ0) is 18.1. The molecule has 0 unspecified atom stereocenters. The Labute approximate surface area is 158 Å². The number of carbonyl (C=O) groups is 1. The van der Waals surface area contributed by atoms with Crippen LogP contribution in [0.4, 0.5) is 0 Å². The Morgan fingerprint density at radius 3 is 2.65 bits per heavy atom. The van der Waals surface area contributed by atoms with Gasteiger partial charge in [-0.05, 0) is 50.3 Å². The van der Waals surface area contributed by atoms with Crippen LogP contribution in [0.15, 0.2) is 48.5 Å². The summed E-state index contributed by atoms with van der Waals surface area (Å²) in [6.45, 7) is 1.86. The minimum Gasteiger partial charge on any atom is -0.454 e. The molecular formula is C22H20ClNO2. The van der Waals surface area contributed by atoms with E-state index in [0.717, 1.165) is 53.4 Å². The monoisotopic (exact) mass is 365 g/mol. The lowest BCUT2D eigenvalue weighted by Crippen LogP contribution is -2.17. The number of para-hydroxylation sites is 1. The molecule has 3 nitrogen and oxygen atoms in total. The number of carbonyl (C=O) groups excluding carboxylic acids is 1. The minimum absolute atomic E-state index is 0.297. The molecule has 1 aliphatic carbocycles. The molecule has 1 aromatic heterocycles. The smallest absolute Gasteiger partial charge is 0.339 e. The van der Waals surface area contributed by atoms with Crippen molar-refractivity contribution >= 4 is 28.5 Å². The molecule has 0 aliphatic heterocycles. The Bertz CT molecular complexity index is 983. The highest BCUT2D eigenvalue weighted by Gasteiger charge is 2.25. The number of fused-ring (bicyclic) bond motifs is 2. The second kappa shape index (κ2) is 7.08. The number of hydrogen-bond donors (Lipinski definition) is 0. The summed E-state index contributed by atoms with van der Waals surface area (Å²) in [5.74, 6) is -0.297. The number of benzene rings is 2. The van der Waals surface area contributed by atoms with Gasteiger partial charge in [-0.1, -0.05) is 48.0 Å². The molecule has 0 radical (unpaired) electrons. The number of nitrogens with zero attached hydrogens (tertiary/aromatic N) is 1. The van der Waals surface area contributed by atoms with Gasteiger partial charge >= 0.3 is 5.97 Å². The number of hydrogen-bond acceptors (Lipinski definition) is 3. The van der Waals surface area contributed by atoms with Gasteiger partial charge in [-0.2, -0.15) is 0 Å². The third-order valence-corrected chi connectivity index (χ3v) is 5.34. The van der Waals surface area contributed by atoms with Crippen LogP contribution in [0.1, 0.15) is 53.0 Å². The first-order valence-electron chi connectivity index (χ1n) is 9.01. The average molecular weight is 366 g/mol. The van der Waals surface area contributed by atoms with Crippen molar-refractivity contribution in [3.05, 3.63) is 75.9 Å². The van der Waals surface area contributed by atoms with Crippen LogP contribution in [0.2, 0.25) is 5.02 Å². The van der Waals surface area contributed by atoms with E-state index in [9.17, 15) is 4.79 Å². The van der Waals surface area contributed by atoms with E-state index in [0.29, 0.717) is 10.6 Å². The summed E-state index contributed by atoms with van der Waals surface area (Å²) in [5.41, 5.74) is 4.42. The summed E-state index contributed by atoms with van der Waals surface area (Å²) in [5, 5.41) is 1.47. The number of aromatic nitrogens is 1. The van der Waals surface area contributed by atoms with Crippen molar-refractivity contribution in [3.63, 3.8) is 0 Å². The van der Waals surface area contributed by atoms with E-state index >= 15 is 0 Å². The number of ether oxygens (including phenoxy) is 1. The minimum atomic E-state index is -0.414. The van der Waals surface area contributed by atoms with Gasteiger partial charge in [-0.25, -0.2) is 4.79 Å². The summed E-state index contributed by atoms with van der Waals surface area (Å²) in [4.78, 5) is 17.9. The van der Waals surface area contributed by atoms with Crippen molar-refractivity contribution in [2.75, 3.05) is 0 Å². The summed E-state index contributed by atoms with van der Waals surface area (Å²) in [6.07, 6.45) is 3.57. The number of rotatable bonds is 3. The Kier molecular flexibility index (Phi) is 4.64. The van der Waals surface area contributed by atoms with E-state index in [1.54, 1.807) is 0 Å². The van der Waals surface area contributed by atoms with Gasteiger partial charge in [0.1, 0.15) is 6.10 Å². The summed E-state index contributed by atoms with van der Waals surface area (Å²) in [6, 6.07) is 15.3. The summed E-state index contributed by atoms with van der Waals surface area (Å²) in [7, 11) is 0. The van der Waals surface area contributed by atoms with Crippen LogP contribution in [0, 0.1) is 0 Å².